The number of benzene rings is 1. The molecule has 0 saturated heterocycles. The van der Waals surface area contributed by atoms with E-state index in [2.05, 4.69) is 52.4 Å². The maximum absolute atomic E-state index is 4.47. The summed E-state index contributed by atoms with van der Waals surface area (Å²) in [5, 5.41) is 4.30. The highest BCUT2D eigenvalue weighted by Crippen LogP contribution is 2.24. The highest BCUT2D eigenvalue weighted by atomic mass is 33.1. The molecule has 0 atom stereocenters. The van der Waals surface area contributed by atoms with Gasteiger partial charge in [0.25, 0.3) is 0 Å². The van der Waals surface area contributed by atoms with E-state index in [0.717, 1.165) is 24.3 Å². The monoisotopic (exact) mass is 267 g/mol. The number of thiol groups is 1. The van der Waals surface area contributed by atoms with Gasteiger partial charge in [-0.05, 0) is 35.6 Å². The lowest BCUT2D eigenvalue weighted by Crippen LogP contribution is -1.89. The molecule has 0 fully saturated rings. The summed E-state index contributed by atoms with van der Waals surface area (Å²) in [6.45, 7) is 0. The lowest BCUT2D eigenvalue weighted by atomic mass is 10.1. The number of nitrogens with zero attached hydrogens (tertiary/aromatic N) is 1. The van der Waals surface area contributed by atoms with E-state index in [-0.39, 0.29) is 0 Å². The van der Waals surface area contributed by atoms with E-state index in [1.165, 1.54) is 21.4 Å². The molecule has 2 rings (SSSR count). The average Bonchev–Trinajstić information content (AvgIpc) is 2.78. The van der Waals surface area contributed by atoms with Gasteiger partial charge < -0.3 is 0 Å². The predicted molar refractivity (Wildman–Crippen MR) is 75.4 cm³/mol. The van der Waals surface area contributed by atoms with Gasteiger partial charge in [-0.3, -0.25) is 0 Å². The van der Waals surface area contributed by atoms with Crippen molar-refractivity contribution in [2.45, 2.75) is 24.3 Å². The largest absolute Gasteiger partial charge is 0.234 e. The molecule has 1 aromatic heterocycles. The molecule has 2 aromatic rings. The van der Waals surface area contributed by atoms with Gasteiger partial charge in [0, 0.05) is 5.38 Å². The Balaban J connectivity index is 1.80. The van der Waals surface area contributed by atoms with Gasteiger partial charge >= 0.3 is 0 Å². The van der Waals surface area contributed by atoms with Crippen molar-refractivity contribution in [3.63, 3.8) is 0 Å². The normalized spacial score (nSPS) is 10.6. The second kappa shape index (κ2) is 6.33. The van der Waals surface area contributed by atoms with Gasteiger partial charge in [0.1, 0.15) is 5.03 Å². The molecule has 0 aliphatic heterocycles. The van der Waals surface area contributed by atoms with Crippen molar-refractivity contribution in [2.24, 2.45) is 0 Å². The van der Waals surface area contributed by atoms with Gasteiger partial charge in [0.05, 0.1) is 5.01 Å². The summed E-state index contributed by atoms with van der Waals surface area (Å²) < 4.78 is 0. The van der Waals surface area contributed by atoms with E-state index in [1.807, 2.05) is 0 Å². The molecular formula is C12H13NS3. The predicted octanol–water partition coefficient (Wildman–Crippen LogP) is 4.26. The first-order chi connectivity index (χ1) is 7.88. The molecule has 4 heteroatoms. The van der Waals surface area contributed by atoms with E-state index in [9.17, 15) is 0 Å². The van der Waals surface area contributed by atoms with Gasteiger partial charge in [-0.1, -0.05) is 30.3 Å². The molecule has 0 aliphatic carbocycles. The fourth-order valence-corrected chi connectivity index (χ4v) is 3.28. The highest BCUT2D eigenvalue weighted by Gasteiger charge is 2.01. The van der Waals surface area contributed by atoms with Crippen LogP contribution in [0.5, 0.6) is 0 Å². The molecule has 0 spiro atoms. The first-order valence-electron chi connectivity index (χ1n) is 5.18. The summed E-state index contributed by atoms with van der Waals surface area (Å²) in [7, 11) is 1.41. The maximum atomic E-state index is 4.47. The summed E-state index contributed by atoms with van der Waals surface area (Å²) in [5.41, 5.74) is 1.41. The number of rotatable bonds is 5. The zero-order valence-corrected chi connectivity index (χ0v) is 11.3. The fourth-order valence-electron chi connectivity index (χ4n) is 1.54. The molecule has 0 saturated carbocycles. The Morgan fingerprint density at radius 2 is 2.00 bits per heavy atom. The molecule has 1 aromatic carbocycles. The van der Waals surface area contributed by atoms with Crippen molar-refractivity contribution in [1.82, 2.24) is 4.98 Å². The molecule has 0 bridgehead atoms. The highest BCUT2D eigenvalue weighted by molar-refractivity contribution is 8.68. The zero-order valence-electron chi connectivity index (χ0n) is 8.80. The second-order valence-electron chi connectivity index (χ2n) is 3.51. The van der Waals surface area contributed by atoms with Crippen LogP contribution in [0.2, 0.25) is 0 Å². The van der Waals surface area contributed by atoms with Crippen LogP contribution < -0.4 is 0 Å². The third kappa shape index (κ3) is 3.54. The Morgan fingerprint density at radius 3 is 2.69 bits per heavy atom. The third-order valence-electron chi connectivity index (χ3n) is 2.32. The zero-order chi connectivity index (χ0) is 11.2. The summed E-state index contributed by atoms with van der Waals surface area (Å²) in [4.78, 5) is 4.47. The lowest BCUT2D eigenvalue weighted by molar-refractivity contribution is 0.808. The summed E-state index contributed by atoms with van der Waals surface area (Å²) >= 11 is 5.86. The second-order valence-corrected chi connectivity index (χ2v) is 5.60. The molecule has 0 N–H and O–H groups in total. The number of aryl methyl sites for hydroxylation is 2. The van der Waals surface area contributed by atoms with E-state index in [0.29, 0.717) is 0 Å². The van der Waals surface area contributed by atoms with Crippen LogP contribution >= 0.6 is 33.8 Å². The van der Waals surface area contributed by atoms with Gasteiger partial charge in [-0.2, -0.15) is 0 Å². The SMILES string of the molecule is SSc1csc(CCCc2ccccc2)n1. The first-order valence-corrected chi connectivity index (χ1v) is 7.93. The van der Waals surface area contributed by atoms with Crippen molar-refractivity contribution in [3.8, 4) is 0 Å². The molecule has 16 heavy (non-hydrogen) atoms. The molecular weight excluding hydrogens is 254 g/mol. The number of aromatic nitrogens is 1. The smallest absolute Gasteiger partial charge is 0.118 e. The summed E-state index contributed by atoms with van der Waals surface area (Å²) in [6.07, 6.45) is 3.35. The van der Waals surface area contributed by atoms with Gasteiger partial charge in [-0.15, -0.1) is 23.0 Å². The minimum Gasteiger partial charge on any atom is -0.234 e. The molecule has 1 heterocycles. The van der Waals surface area contributed by atoms with Crippen molar-refractivity contribution >= 4 is 33.8 Å². The van der Waals surface area contributed by atoms with Crippen molar-refractivity contribution < 1.29 is 0 Å². The van der Waals surface area contributed by atoms with Gasteiger partial charge in [0.15, 0.2) is 0 Å². The number of thiazole rings is 1. The first kappa shape index (κ1) is 12.0. The Kier molecular flexibility index (Phi) is 4.75. The van der Waals surface area contributed by atoms with Crippen LogP contribution in [-0.2, 0) is 12.8 Å². The van der Waals surface area contributed by atoms with Gasteiger partial charge in [0.2, 0.25) is 0 Å². The van der Waals surface area contributed by atoms with Crippen molar-refractivity contribution in [1.29, 1.82) is 0 Å². The van der Waals surface area contributed by atoms with Gasteiger partial charge in [-0.25, -0.2) is 4.98 Å². The van der Waals surface area contributed by atoms with Crippen LogP contribution in [0.3, 0.4) is 0 Å². The average molecular weight is 267 g/mol. The Morgan fingerprint density at radius 1 is 1.19 bits per heavy atom. The molecule has 0 amide bonds. The minimum absolute atomic E-state index is 1.02. The third-order valence-corrected chi connectivity index (χ3v) is 4.34. The van der Waals surface area contributed by atoms with E-state index < -0.39 is 0 Å². The van der Waals surface area contributed by atoms with Crippen LogP contribution in [0.4, 0.5) is 0 Å². The standard InChI is InChI=1S/C12H13NS3/c14-16-12-9-15-11(13-12)8-4-7-10-5-2-1-3-6-10/h1-3,5-6,9,14H,4,7-8H2. The maximum Gasteiger partial charge on any atom is 0.118 e. The van der Waals surface area contributed by atoms with Crippen LogP contribution in [0.25, 0.3) is 0 Å². The minimum atomic E-state index is 1.02. The number of hydrogen-bond donors (Lipinski definition) is 1. The van der Waals surface area contributed by atoms with Crippen LogP contribution in [0, 0.1) is 0 Å². The molecule has 0 unspecified atom stereocenters. The van der Waals surface area contributed by atoms with E-state index in [4.69, 9.17) is 0 Å². The topological polar surface area (TPSA) is 12.9 Å². The quantitative estimate of drug-likeness (QED) is 0.642. The molecule has 0 aliphatic rings. The summed E-state index contributed by atoms with van der Waals surface area (Å²) in [5.74, 6) is 0. The van der Waals surface area contributed by atoms with Crippen LogP contribution in [0.15, 0.2) is 40.7 Å². The Labute approximate surface area is 109 Å². The van der Waals surface area contributed by atoms with Crippen LogP contribution in [-0.4, -0.2) is 4.98 Å². The molecule has 0 radical (unpaired) electrons. The van der Waals surface area contributed by atoms with E-state index >= 15 is 0 Å². The molecule has 84 valence electrons. The number of hydrogen-bond acceptors (Lipinski definition) is 4. The fraction of sp³-hybridized carbons (Fsp3) is 0.250. The van der Waals surface area contributed by atoms with E-state index in [1.54, 1.807) is 11.3 Å². The Hall–Kier alpha value is -0.450. The van der Waals surface area contributed by atoms with Crippen molar-refractivity contribution in [2.75, 3.05) is 0 Å². The van der Waals surface area contributed by atoms with Crippen LogP contribution in [0.1, 0.15) is 17.0 Å². The summed E-state index contributed by atoms with van der Waals surface area (Å²) in [6, 6.07) is 10.6. The Bertz CT molecular complexity index is 425. The lowest BCUT2D eigenvalue weighted by Gasteiger charge is -1.98. The molecule has 1 nitrogen and oxygen atoms in total. The van der Waals surface area contributed by atoms with Crippen molar-refractivity contribution in [3.05, 3.63) is 46.3 Å².